The zero-order valence-corrected chi connectivity index (χ0v) is 15.5. The van der Waals surface area contributed by atoms with E-state index in [9.17, 15) is 9.59 Å². The van der Waals surface area contributed by atoms with Crippen LogP contribution in [0.1, 0.15) is 44.5 Å². The van der Waals surface area contributed by atoms with Gasteiger partial charge in [0.2, 0.25) is 11.4 Å². The van der Waals surface area contributed by atoms with Gasteiger partial charge in [-0.1, -0.05) is 42.0 Å². The molecular formula is C21H19N5O2. The Kier molecular flexibility index (Phi) is 4.27. The predicted octanol–water partition coefficient (Wildman–Crippen LogP) is 2.04. The van der Waals surface area contributed by atoms with Gasteiger partial charge in [-0.2, -0.15) is 0 Å². The lowest BCUT2D eigenvalue weighted by Gasteiger charge is -2.19. The number of nitrogen functional groups attached to an aromatic ring is 1. The number of fused-ring (bicyclic) bond motifs is 2. The van der Waals surface area contributed by atoms with Gasteiger partial charge in [0.05, 0.1) is 5.56 Å². The first kappa shape index (κ1) is 17.7. The summed E-state index contributed by atoms with van der Waals surface area (Å²) in [5.41, 5.74) is 3.21. The summed E-state index contributed by atoms with van der Waals surface area (Å²) in [6.07, 6.45) is 1.02. The fourth-order valence-corrected chi connectivity index (χ4v) is 3.22. The quantitative estimate of drug-likeness (QED) is 0.535. The van der Waals surface area contributed by atoms with Crippen molar-refractivity contribution in [2.24, 2.45) is 4.99 Å². The minimum absolute atomic E-state index is 0.0972. The molecule has 1 aliphatic rings. The van der Waals surface area contributed by atoms with E-state index < -0.39 is 0 Å². The Morgan fingerprint density at radius 3 is 2.32 bits per heavy atom. The Labute approximate surface area is 161 Å². The number of aryl methyl sites for hydroxylation is 1. The lowest BCUT2D eigenvalue weighted by atomic mass is 9.88. The standard InChI is InChI=1S/C21H19N5O2/c1-12-7-9-14(10-8-12)24-13(2)25-21-23-11-17-18(26(21)22)20(28)16-6-4-3-5-15(16)19(17)27/h3-11,13,24H,22H2,1-2H3/b25-21-. The Morgan fingerprint density at radius 2 is 1.64 bits per heavy atom. The fraction of sp³-hybridized carbons (Fsp3) is 0.143. The van der Waals surface area contributed by atoms with Crippen molar-refractivity contribution >= 4 is 17.3 Å². The molecule has 1 unspecified atom stereocenters. The SMILES string of the molecule is Cc1ccc(NC(C)/N=c2/ncc3c(n2N)C(=O)c2ccccc2C3=O)cc1. The molecule has 7 nitrogen and oxygen atoms in total. The van der Waals surface area contributed by atoms with Crippen molar-refractivity contribution in [1.29, 1.82) is 0 Å². The van der Waals surface area contributed by atoms with Crippen molar-refractivity contribution in [3.8, 4) is 0 Å². The van der Waals surface area contributed by atoms with E-state index in [1.807, 2.05) is 38.1 Å². The molecule has 3 N–H and O–H groups in total. The second-order valence-electron chi connectivity index (χ2n) is 6.71. The molecule has 1 aliphatic carbocycles. The number of nitrogens with one attached hydrogen (secondary N) is 1. The molecule has 1 heterocycles. The van der Waals surface area contributed by atoms with Gasteiger partial charge < -0.3 is 11.2 Å². The molecule has 0 saturated heterocycles. The first-order valence-corrected chi connectivity index (χ1v) is 8.88. The van der Waals surface area contributed by atoms with Gasteiger partial charge in [0, 0.05) is 23.0 Å². The molecule has 28 heavy (non-hydrogen) atoms. The van der Waals surface area contributed by atoms with Gasteiger partial charge in [-0.15, -0.1) is 0 Å². The molecule has 0 amide bonds. The lowest BCUT2D eigenvalue weighted by molar-refractivity contribution is 0.0971. The average Bonchev–Trinajstić information content (AvgIpc) is 2.69. The molecule has 1 aromatic heterocycles. The second kappa shape index (κ2) is 6.77. The van der Waals surface area contributed by atoms with Gasteiger partial charge >= 0.3 is 0 Å². The van der Waals surface area contributed by atoms with Crippen molar-refractivity contribution in [3.05, 3.63) is 88.3 Å². The molecular weight excluding hydrogens is 354 g/mol. The molecule has 0 saturated carbocycles. The topological polar surface area (TPSA) is 102 Å². The van der Waals surface area contributed by atoms with Crippen LogP contribution in [-0.2, 0) is 0 Å². The summed E-state index contributed by atoms with van der Waals surface area (Å²) in [4.78, 5) is 34.3. The van der Waals surface area contributed by atoms with Crippen molar-refractivity contribution < 1.29 is 9.59 Å². The third-order valence-electron chi connectivity index (χ3n) is 4.63. The van der Waals surface area contributed by atoms with Gasteiger partial charge in [0.15, 0.2) is 5.78 Å². The summed E-state index contributed by atoms with van der Waals surface area (Å²) < 4.78 is 1.10. The monoisotopic (exact) mass is 373 g/mol. The maximum absolute atomic E-state index is 12.9. The maximum Gasteiger partial charge on any atom is 0.246 e. The lowest BCUT2D eigenvalue weighted by Crippen LogP contribution is -2.40. The smallest absolute Gasteiger partial charge is 0.246 e. The highest BCUT2D eigenvalue weighted by atomic mass is 16.1. The minimum Gasteiger partial charge on any atom is -0.364 e. The molecule has 0 fully saturated rings. The summed E-state index contributed by atoms with van der Waals surface area (Å²) in [5, 5.41) is 3.23. The van der Waals surface area contributed by atoms with Crippen molar-refractivity contribution in [2.45, 2.75) is 20.0 Å². The maximum atomic E-state index is 12.9. The van der Waals surface area contributed by atoms with Crippen LogP contribution in [0.25, 0.3) is 0 Å². The number of anilines is 1. The molecule has 0 aliphatic heterocycles. The number of carbonyl (C=O) groups is 2. The molecule has 1 atom stereocenters. The average molecular weight is 373 g/mol. The van der Waals surface area contributed by atoms with E-state index in [0.29, 0.717) is 11.1 Å². The Morgan fingerprint density at radius 1 is 1.00 bits per heavy atom. The summed E-state index contributed by atoms with van der Waals surface area (Å²) in [6.45, 7) is 3.87. The number of hydrogen-bond acceptors (Lipinski definition) is 6. The highest BCUT2D eigenvalue weighted by molar-refractivity contribution is 6.27. The highest BCUT2D eigenvalue weighted by Crippen LogP contribution is 2.25. The predicted molar refractivity (Wildman–Crippen MR) is 106 cm³/mol. The number of rotatable bonds is 3. The number of benzene rings is 2. The largest absolute Gasteiger partial charge is 0.364 e. The van der Waals surface area contributed by atoms with Gasteiger partial charge in [0.25, 0.3) is 0 Å². The summed E-state index contributed by atoms with van der Waals surface area (Å²) >= 11 is 0. The van der Waals surface area contributed by atoms with Gasteiger partial charge in [-0.3, -0.25) is 9.59 Å². The highest BCUT2D eigenvalue weighted by Gasteiger charge is 2.32. The molecule has 0 radical (unpaired) electrons. The van der Waals surface area contributed by atoms with Crippen molar-refractivity contribution in [1.82, 2.24) is 9.66 Å². The number of ketones is 2. The van der Waals surface area contributed by atoms with Crippen LogP contribution in [0.3, 0.4) is 0 Å². The van der Waals surface area contributed by atoms with Crippen LogP contribution in [0.5, 0.6) is 0 Å². The van der Waals surface area contributed by atoms with E-state index in [1.54, 1.807) is 24.3 Å². The van der Waals surface area contributed by atoms with Crippen LogP contribution in [-0.4, -0.2) is 27.4 Å². The third-order valence-corrected chi connectivity index (χ3v) is 4.63. The number of aromatic nitrogens is 2. The molecule has 2 aromatic carbocycles. The summed E-state index contributed by atoms with van der Waals surface area (Å²) in [5.74, 6) is 5.55. The van der Waals surface area contributed by atoms with Gasteiger partial charge in [-0.25, -0.2) is 14.7 Å². The van der Waals surface area contributed by atoms with E-state index in [2.05, 4.69) is 15.3 Å². The zero-order chi connectivity index (χ0) is 19.8. The first-order valence-electron chi connectivity index (χ1n) is 8.88. The number of nitrogens with two attached hydrogens (primary N) is 1. The third kappa shape index (κ3) is 2.96. The summed E-state index contributed by atoms with van der Waals surface area (Å²) in [6, 6.07) is 14.6. The second-order valence-corrected chi connectivity index (χ2v) is 6.71. The normalized spacial score (nSPS) is 14.4. The molecule has 3 aromatic rings. The van der Waals surface area contributed by atoms with Crippen LogP contribution in [0.2, 0.25) is 0 Å². The van der Waals surface area contributed by atoms with E-state index >= 15 is 0 Å². The molecule has 4 rings (SSSR count). The van der Waals surface area contributed by atoms with E-state index in [1.165, 1.54) is 6.20 Å². The number of nitrogens with zero attached hydrogens (tertiary/aromatic N) is 3. The van der Waals surface area contributed by atoms with Crippen molar-refractivity contribution in [3.63, 3.8) is 0 Å². The Hall–Kier alpha value is -3.74. The summed E-state index contributed by atoms with van der Waals surface area (Å²) in [7, 11) is 0. The number of hydrogen-bond donors (Lipinski definition) is 2. The first-order chi connectivity index (χ1) is 13.5. The fourth-order valence-electron chi connectivity index (χ4n) is 3.22. The number of carbonyl (C=O) groups excluding carboxylic acids is 2. The molecule has 0 bridgehead atoms. The Balaban J connectivity index is 1.73. The Bertz CT molecular complexity index is 1160. The van der Waals surface area contributed by atoms with E-state index in [-0.39, 0.29) is 34.6 Å². The van der Waals surface area contributed by atoms with Gasteiger partial charge in [0.1, 0.15) is 11.9 Å². The molecule has 0 spiro atoms. The zero-order valence-electron chi connectivity index (χ0n) is 15.5. The van der Waals surface area contributed by atoms with Gasteiger partial charge in [-0.05, 0) is 26.0 Å². The van der Waals surface area contributed by atoms with Crippen molar-refractivity contribution in [2.75, 3.05) is 11.2 Å². The van der Waals surface area contributed by atoms with Crippen LogP contribution >= 0.6 is 0 Å². The van der Waals surface area contributed by atoms with Crippen LogP contribution < -0.4 is 16.8 Å². The molecule has 140 valence electrons. The molecule has 7 heteroatoms. The van der Waals surface area contributed by atoms with E-state index in [4.69, 9.17) is 5.84 Å². The van der Waals surface area contributed by atoms with Crippen LogP contribution in [0, 0.1) is 6.92 Å². The minimum atomic E-state index is -0.343. The van der Waals surface area contributed by atoms with Crippen LogP contribution in [0.4, 0.5) is 5.69 Å². The van der Waals surface area contributed by atoms with Crippen LogP contribution in [0.15, 0.2) is 59.7 Å². The van der Waals surface area contributed by atoms with E-state index in [0.717, 1.165) is 15.9 Å².